The maximum atomic E-state index is 4.30. The van der Waals surface area contributed by atoms with E-state index < -0.39 is 0 Å². The number of hydrogen-bond donors (Lipinski definition) is 1. The van der Waals surface area contributed by atoms with Gasteiger partial charge in [-0.1, -0.05) is 0 Å². The topological polar surface area (TPSA) is 42.7 Å². The van der Waals surface area contributed by atoms with Crippen molar-refractivity contribution in [2.24, 2.45) is 7.05 Å². The summed E-state index contributed by atoms with van der Waals surface area (Å²) in [5.41, 5.74) is 1.13. The molecule has 0 bridgehead atoms. The maximum Gasteiger partial charge on any atom is 0.0870 e. The molecule has 1 atom stereocenters. The first-order valence-corrected chi connectivity index (χ1v) is 4.43. The second-order valence-corrected chi connectivity index (χ2v) is 3.30. The van der Waals surface area contributed by atoms with E-state index in [1.54, 1.807) is 4.80 Å². The lowest BCUT2D eigenvalue weighted by Crippen LogP contribution is -2.28. The van der Waals surface area contributed by atoms with Crippen LogP contribution in [0.1, 0.15) is 24.5 Å². The predicted molar refractivity (Wildman–Crippen MR) is 45.8 cm³/mol. The van der Waals surface area contributed by atoms with E-state index in [-0.39, 0.29) is 0 Å². The minimum Gasteiger partial charge on any atom is -0.316 e. The van der Waals surface area contributed by atoms with Crippen LogP contribution in [0, 0.1) is 0 Å². The molecule has 0 amide bonds. The molecule has 1 unspecified atom stereocenters. The molecule has 1 N–H and O–H groups in total. The number of hydrogen-bond acceptors (Lipinski definition) is 3. The molecule has 0 aromatic carbocycles. The van der Waals surface area contributed by atoms with E-state index in [1.807, 2.05) is 13.2 Å². The van der Waals surface area contributed by atoms with Gasteiger partial charge in [0.1, 0.15) is 0 Å². The Kier molecular flexibility index (Phi) is 2.08. The van der Waals surface area contributed by atoms with Crippen LogP contribution in [-0.2, 0) is 7.05 Å². The molecule has 0 saturated carbocycles. The molecule has 1 aromatic rings. The van der Waals surface area contributed by atoms with Crippen LogP contribution in [-0.4, -0.2) is 28.1 Å². The Morgan fingerprint density at radius 3 is 3.17 bits per heavy atom. The quantitative estimate of drug-likeness (QED) is 0.651. The fourth-order valence-corrected chi connectivity index (χ4v) is 1.65. The summed E-state index contributed by atoms with van der Waals surface area (Å²) in [4.78, 5) is 1.63. The highest BCUT2D eigenvalue weighted by Gasteiger charge is 2.17. The largest absolute Gasteiger partial charge is 0.316 e. The molecule has 4 heteroatoms. The first kappa shape index (κ1) is 7.73. The minimum absolute atomic E-state index is 0.576. The molecule has 0 radical (unpaired) electrons. The average Bonchev–Trinajstić information content (AvgIpc) is 2.54. The molecule has 2 rings (SSSR count). The highest BCUT2D eigenvalue weighted by Crippen LogP contribution is 2.19. The standard InChI is InChI=1S/C8H14N4/c1-12-10-6-8(11-12)7-3-2-4-9-5-7/h6-7,9H,2-5H2,1H3. The van der Waals surface area contributed by atoms with E-state index in [1.165, 1.54) is 12.8 Å². The molecule has 1 aromatic heterocycles. The van der Waals surface area contributed by atoms with Gasteiger partial charge in [0.25, 0.3) is 0 Å². The molecular weight excluding hydrogens is 152 g/mol. The fraction of sp³-hybridized carbons (Fsp3) is 0.750. The Morgan fingerprint density at radius 2 is 2.58 bits per heavy atom. The van der Waals surface area contributed by atoms with Crippen molar-refractivity contribution in [3.63, 3.8) is 0 Å². The van der Waals surface area contributed by atoms with Crippen LogP contribution in [0.3, 0.4) is 0 Å². The van der Waals surface area contributed by atoms with Gasteiger partial charge in [-0.15, -0.1) is 0 Å². The molecule has 2 heterocycles. The molecule has 1 fully saturated rings. The number of rotatable bonds is 1. The molecule has 1 saturated heterocycles. The lowest BCUT2D eigenvalue weighted by molar-refractivity contribution is 0.451. The van der Waals surface area contributed by atoms with E-state index in [0.29, 0.717) is 5.92 Å². The van der Waals surface area contributed by atoms with Crippen LogP contribution in [0.15, 0.2) is 6.20 Å². The van der Waals surface area contributed by atoms with E-state index in [0.717, 1.165) is 18.8 Å². The molecule has 1 aliphatic heterocycles. The summed E-state index contributed by atoms with van der Waals surface area (Å²) in [6.07, 6.45) is 4.37. The highest BCUT2D eigenvalue weighted by atomic mass is 15.4. The number of aryl methyl sites for hydroxylation is 1. The monoisotopic (exact) mass is 166 g/mol. The highest BCUT2D eigenvalue weighted by molar-refractivity contribution is 5.03. The summed E-state index contributed by atoms with van der Waals surface area (Å²) in [5.74, 6) is 0.576. The number of aromatic nitrogens is 3. The van der Waals surface area contributed by atoms with E-state index in [4.69, 9.17) is 0 Å². The Balaban J connectivity index is 2.08. The van der Waals surface area contributed by atoms with E-state index in [2.05, 4.69) is 15.5 Å². The Labute approximate surface area is 72.0 Å². The van der Waals surface area contributed by atoms with Gasteiger partial charge < -0.3 is 5.32 Å². The van der Waals surface area contributed by atoms with Crippen molar-refractivity contribution in [1.82, 2.24) is 20.3 Å². The van der Waals surface area contributed by atoms with Crippen molar-refractivity contribution < 1.29 is 0 Å². The van der Waals surface area contributed by atoms with Gasteiger partial charge in [0.05, 0.1) is 11.9 Å². The van der Waals surface area contributed by atoms with E-state index >= 15 is 0 Å². The van der Waals surface area contributed by atoms with E-state index in [9.17, 15) is 0 Å². The minimum atomic E-state index is 0.576. The van der Waals surface area contributed by atoms with Gasteiger partial charge in [-0.05, 0) is 19.4 Å². The second-order valence-electron chi connectivity index (χ2n) is 3.30. The fourth-order valence-electron chi connectivity index (χ4n) is 1.65. The maximum absolute atomic E-state index is 4.30. The zero-order valence-electron chi connectivity index (χ0n) is 7.32. The second kappa shape index (κ2) is 3.23. The molecule has 4 nitrogen and oxygen atoms in total. The zero-order valence-corrected chi connectivity index (χ0v) is 7.32. The Bertz CT molecular complexity index is 249. The Hall–Kier alpha value is -0.900. The van der Waals surface area contributed by atoms with Crippen LogP contribution in [0.5, 0.6) is 0 Å². The van der Waals surface area contributed by atoms with Gasteiger partial charge in [-0.25, -0.2) is 0 Å². The first-order valence-electron chi connectivity index (χ1n) is 4.43. The van der Waals surface area contributed by atoms with Crippen LogP contribution >= 0.6 is 0 Å². The summed E-state index contributed by atoms with van der Waals surface area (Å²) < 4.78 is 0. The van der Waals surface area contributed by atoms with Crippen molar-refractivity contribution in [2.75, 3.05) is 13.1 Å². The van der Waals surface area contributed by atoms with Gasteiger partial charge >= 0.3 is 0 Å². The van der Waals surface area contributed by atoms with Gasteiger partial charge in [0.15, 0.2) is 0 Å². The van der Waals surface area contributed by atoms with Crippen molar-refractivity contribution in [3.8, 4) is 0 Å². The first-order chi connectivity index (χ1) is 5.86. The molecule has 12 heavy (non-hydrogen) atoms. The van der Waals surface area contributed by atoms with Crippen molar-refractivity contribution in [3.05, 3.63) is 11.9 Å². The smallest absolute Gasteiger partial charge is 0.0870 e. The zero-order chi connectivity index (χ0) is 8.39. The third-order valence-corrected chi connectivity index (χ3v) is 2.33. The number of piperidine rings is 1. The predicted octanol–water partition coefficient (Wildman–Crippen LogP) is 0.282. The number of nitrogens with zero attached hydrogens (tertiary/aromatic N) is 3. The van der Waals surface area contributed by atoms with Gasteiger partial charge in [0.2, 0.25) is 0 Å². The summed E-state index contributed by atoms with van der Waals surface area (Å²) in [5, 5.41) is 11.7. The third-order valence-electron chi connectivity index (χ3n) is 2.33. The summed E-state index contributed by atoms with van der Waals surface area (Å²) in [7, 11) is 1.86. The summed E-state index contributed by atoms with van der Waals surface area (Å²) >= 11 is 0. The van der Waals surface area contributed by atoms with Gasteiger partial charge in [0, 0.05) is 19.5 Å². The molecule has 1 aliphatic rings. The molecule has 66 valence electrons. The van der Waals surface area contributed by atoms with Crippen LogP contribution < -0.4 is 5.32 Å². The molecular formula is C8H14N4. The normalized spacial score (nSPS) is 24.2. The lowest BCUT2D eigenvalue weighted by atomic mass is 9.97. The third kappa shape index (κ3) is 1.48. The van der Waals surface area contributed by atoms with Crippen LogP contribution in [0.2, 0.25) is 0 Å². The SMILES string of the molecule is Cn1ncc(C2CCCNC2)n1. The summed E-state index contributed by atoms with van der Waals surface area (Å²) in [6, 6.07) is 0. The van der Waals surface area contributed by atoms with Crippen molar-refractivity contribution >= 4 is 0 Å². The van der Waals surface area contributed by atoms with Crippen LogP contribution in [0.25, 0.3) is 0 Å². The van der Waals surface area contributed by atoms with Crippen molar-refractivity contribution in [2.45, 2.75) is 18.8 Å². The van der Waals surface area contributed by atoms with Crippen molar-refractivity contribution in [1.29, 1.82) is 0 Å². The summed E-state index contributed by atoms with van der Waals surface area (Å²) in [6.45, 7) is 2.20. The Morgan fingerprint density at radius 1 is 1.67 bits per heavy atom. The van der Waals surface area contributed by atoms with Gasteiger partial charge in [-0.2, -0.15) is 15.0 Å². The van der Waals surface area contributed by atoms with Gasteiger partial charge in [-0.3, -0.25) is 0 Å². The molecule has 0 aliphatic carbocycles. The molecule has 0 spiro atoms. The number of nitrogens with one attached hydrogen (secondary N) is 1. The van der Waals surface area contributed by atoms with Crippen LogP contribution in [0.4, 0.5) is 0 Å². The lowest BCUT2D eigenvalue weighted by Gasteiger charge is -2.20. The average molecular weight is 166 g/mol.